The Hall–Kier alpha value is -1.91. The van der Waals surface area contributed by atoms with Gasteiger partial charge in [-0.25, -0.2) is 8.78 Å². The largest absolute Gasteiger partial charge is 0.508 e. The maximum Gasteiger partial charge on any atom is 0.307 e. The number of rotatable bonds is 3. The summed E-state index contributed by atoms with van der Waals surface area (Å²) in [5, 5.41) is 17.1. The highest BCUT2D eigenvalue weighted by molar-refractivity contribution is 5.70. The van der Waals surface area contributed by atoms with Crippen LogP contribution in [-0.2, 0) is 4.79 Å². The maximum absolute atomic E-state index is 13.0. The van der Waals surface area contributed by atoms with Gasteiger partial charge in [-0.3, -0.25) is 4.79 Å². The van der Waals surface area contributed by atoms with E-state index in [-0.39, 0.29) is 12.0 Å². The summed E-state index contributed by atoms with van der Waals surface area (Å²) in [6, 6.07) is 1.51. The molecule has 0 unspecified atom stereocenters. The molecule has 5 heteroatoms. The van der Waals surface area contributed by atoms with Gasteiger partial charge in [0.05, 0.1) is 6.42 Å². The Balaban J connectivity index is 2.94. The number of carboxylic acid groups (broad SMARTS) is 1. The molecule has 0 aliphatic carbocycles. The van der Waals surface area contributed by atoms with Gasteiger partial charge in [0.2, 0.25) is 0 Å². The van der Waals surface area contributed by atoms with Gasteiger partial charge < -0.3 is 10.2 Å². The second-order valence-corrected chi connectivity index (χ2v) is 2.82. The Morgan fingerprint density at radius 2 is 1.87 bits per heavy atom. The van der Waals surface area contributed by atoms with Gasteiger partial charge in [-0.15, -0.1) is 0 Å². The topological polar surface area (TPSA) is 57.5 Å². The summed E-state index contributed by atoms with van der Waals surface area (Å²) in [5.74, 6) is -3.48. The Labute approximate surface area is 84.3 Å². The summed E-state index contributed by atoms with van der Waals surface area (Å²) in [7, 11) is 0. The average Bonchev–Trinajstić information content (AvgIpc) is 2.08. The summed E-state index contributed by atoms with van der Waals surface area (Å²) in [4.78, 5) is 10.1. The monoisotopic (exact) mass is 214 g/mol. The molecule has 1 aromatic rings. The third-order valence-corrected chi connectivity index (χ3v) is 1.64. The van der Waals surface area contributed by atoms with Crippen molar-refractivity contribution in [3.05, 3.63) is 35.4 Å². The van der Waals surface area contributed by atoms with Gasteiger partial charge in [0, 0.05) is 17.7 Å². The van der Waals surface area contributed by atoms with E-state index in [4.69, 9.17) is 10.2 Å². The molecule has 0 fully saturated rings. The molecular formula is C10H8F2O3. The Bertz CT molecular complexity index is 390. The molecule has 0 atom stereocenters. The number of carbonyl (C=O) groups is 1. The van der Waals surface area contributed by atoms with Crippen LogP contribution in [0, 0.1) is 11.6 Å². The maximum atomic E-state index is 13.0. The van der Waals surface area contributed by atoms with Crippen molar-refractivity contribution in [2.75, 3.05) is 0 Å². The lowest BCUT2D eigenvalue weighted by Gasteiger charge is -2.00. The van der Waals surface area contributed by atoms with Gasteiger partial charge in [-0.2, -0.15) is 0 Å². The number of phenols is 1. The van der Waals surface area contributed by atoms with Crippen molar-refractivity contribution in [1.82, 2.24) is 0 Å². The first-order chi connectivity index (χ1) is 7.00. The van der Waals surface area contributed by atoms with E-state index in [1.165, 1.54) is 0 Å². The van der Waals surface area contributed by atoms with Gasteiger partial charge >= 0.3 is 5.97 Å². The quantitative estimate of drug-likeness (QED) is 0.810. The Kier molecular flexibility index (Phi) is 3.38. The lowest BCUT2D eigenvalue weighted by atomic mass is 10.1. The number of phenolic OH excluding ortho intramolecular Hbond substituents is 1. The highest BCUT2D eigenvalue weighted by Crippen LogP contribution is 2.20. The van der Waals surface area contributed by atoms with Crippen LogP contribution in [0.4, 0.5) is 8.78 Å². The van der Waals surface area contributed by atoms with E-state index < -0.39 is 23.4 Å². The first-order valence-corrected chi connectivity index (χ1v) is 4.07. The molecule has 0 aliphatic heterocycles. The second-order valence-electron chi connectivity index (χ2n) is 2.82. The normalized spacial score (nSPS) is 10.8. The van der Waals surface area contributed by atoms with E-state index in [1.807, 2.05) is 0 Å². The third-order valence-electron chi connectivity index (χ3n) is 1.64. The Morgan fingerprint density at radius 1 is 1.33 bits per heavy atom. The minimum atomic E-state index is -1.09. The van der Waals surface area contributed by atoms with Gasteiger partial charge in [0.25, 0.3) is 0 Å². The smallest absolute Gasteiger partial charge is 0.307 e. The summed E-state index contributed by atoms with van der Waals surface area (Å²) in [6.07, 6.45) is 1.83. The van der Waals surface area contributed by atoms with Gasteiger partial charge in [0.15, 0.2) is 0 Å². The summed E-state index contributed by atoms with van der Waals surface area (Å²) < 4.78 is 26.1. The highest BCUT2D eigenvalue weighted by atomic mass is 19.1. The molecule has 2 N–H and O–H groups in total. The summed E-state index contributed by atoms with van der Waals surface area (Å²) in [5.41, 5.74) is -0.367. The van der Waals surface area contributed by atoms with Crippen molar-refractivity contribution in [3.63, 3.8) is 0 Å². The molecule has 0 amide bonds. The molecule has 1 aromatic carbocycles. The van der Waals surface area contributed by atoms with Crippen LogP contribution in [-0.4, -0.2) is 16.2 Å². The molecule has 0 saturated heterocycles. The summed E-state index contributed by atoms with van der Waals surface area (Å²) in [6.45, 7) is 0. The van der Waals surface area contributed by atoms with Crippen LogP contribution < -0.4 is 0 Å². The lowest BCUT2D eigenvalue weighted by molar-refractivity contribution is -0.135. The van der Waals surface area contributed by atoms with Crippen LogP contribution in [0.1, 0.15) is 12.0 Å². The number of aliphatic carboxylic acids is 1. The zero-order chi connectivity index (χ0) is 11.4. The molecule has 80 valence electrons. The first-order valence-electron chi connectivity index (χ1n) is 4.07. The van der Waals surface area contributed by atoms with Gasteiger partial charge in [-0.05, 0) is 0 Å². The van der Waals surface area contributed by atoms with E-state index >= 15 is 0 Å². The number of hydrogen-bond acceptors (Lipinski definition) is 2. The molecule has 0 spiro atoms. The Morgan fingerprint density at radius 3 is 2.33 bits per heavy atom. The first kappa shape index (κ1) is 11.2. The fraction of sp³-hybridized carbons (Fsp3) is 0.100. The standard InChI is InChI=1S/C10H8F2O3/c11-8-4-6(13)5-9(12)7(8)2-1-3-10(14)15/h1-2,4-5,13H,3H2,(H,14,15). The van der Waals surface area contributed by atoms with Crippen molar-refractivity contribution in [2.24, 2.45) is 0 Å². The van der Waals surface area contributed by atoms with E-state index in [0.717, 1.165) is 24.3 Å². The highest BCUT2D eigenvalue weighted by Gasteiger charge is 2.07. The average molecular weight is 214 g/mol. The van der Waals surface area contributed by atoms with E-state index in [2.05, 4.69) is 0 Å². The molecule has 1 rings (SSSR count). The SMILES string of the molecule is O=C(O)CC=Cc1c(F)cc(O)cc1F. The molecular weight excluding hydrogens is 206 g/mol. The van der Waals surface area contributed by atoms with Crippen LogP contribution in [0.2, 0.25) is 0 Å². The minimum Gasteiger partial charge on any atom is -0.508 e. The number of benzene rings is 1. The van der Waals surface area contributed by atoms with Crippen molar-refractivity contribution in [3.8, 4) is 5.75 Å². The predicted octanol–water partition coefficient (Wildman–Crippen LogP) is 2.16. The van der Waals surface area contributed by atoms with Crippen molar-refractivity contribution >= 4 is 12.0 Å². The summed E-state index contributed by atoms with van der Waals surface area (Å²) >= 11 is 0. The molecule has 0 saturated carbocycles. The van der Waals surface area contributed by atoms with E-state index in [9.17, 15) is 13.6 Å². The van der Waals surface area contributed by atoms with Crippen molar-refractivity contribution in [1.29, 1.82) is 0 Å². The predicted molar refractivity (Wildman–Crippen MR) is 49.3 cm³/mol. The molecule has 0 aromatic heterocycles. The van der Waals surface area contributed by atoms with E-state index in [1.54, 1.807) is 0 Å². The van der Waals surface area contributed by atoms with Crippen LogP contribution in [0.5, 0.6) is 5.75 Å². The van der Waals surface area contributed by atoms with Gasteiger partial charge in [0.1, 0.15) is 17.4 Å². The van der Waals surface area contributed by atoms with Crippen LogP contribution >= 0.6 is 0 Å². The zero-order valence-electron chi connectivity index (χ0n) is 7.58. The van der Waals surface area contributed by atoms with Crippen LogP contribution in [0.15, 0.2) is 18.2 Å². The molecule has 0 heterocycles. The molecule has 0 bridgehead atoms. The lowest BCUT2D eigenvalue weighted by Crippen LogP contribution is -1.91. The zero-order valence-corrected chi connectivity index (χ0v) is 7.58. The second kappa shape index (κ2) is 4.54. The fourth-order valence-corrected chi connectivity index (χ4v) is 1.01. The van der Waals surface area contributed by atoms with Crippen LogP contribution in [0.3, 0.4) is 0 Å². The van der Waals surface area contributed by atoms with Crippen molar-refractivity contribution < 1.29 is 23.8 Å². The number of hydrogen-bond donors (Lipinski definition) is 2. The number of carboxylic acids is 1. The number of halogens is 2. The molecule has 3 nitrogen and oxygen atoms in total. The molecule has 0 aliphatic rings. The van der Waals surface area contributed by atoms with Crippen molar-refractivity contribution in [2.45, 2.75) is 6.42 Å². The van der Waals surface area contributed by atoms with Gasteiger partial charge in [-0.1, -0.05) is 12.2 Å². The van der Waals surface area contributed by atoms with E-state index in [0.29, 0.717) is 0 Å². The third kappa shape index (κ3) is 3.05. The fourth-order valence-electron chi connectivity index (χ4n) is 1.01. The molecule has 15 heavy (non-hydrogen) atoms. The van der Waals surface area contributed by atoms with Crippen LogP contribution in [0.25, 0.3) is 6.08 Å². The number of aromatic hydroxyl groups is 1. The molecule has 0 radical (unpaired) electrons. The minimum absolute atomic E-state index is 0.320.